The van der Waals surface area contributed by atoms with Gasteiger partial charge in [0.2, 0.25) is 0 Å². The molecule has 0 heterocycles. The van der Waals surface area contributed by atoms with Crippen molar-refractivity contribution in [1.29, 1.82) is 0 Å². The first-order valence-electron chi connectivity index (χ1n) is 6.73. The summed E-state index contributed by atoms with van der Waals surface area (Å²) in [6.45, 7) is 2.33. The maximum atomic E-state index is 9.53. The highest BCUT2D eigenvalue weighted by molar-refractivity contribution is 5.45. The Labute approximate surface area is 104 Å². The third-order valence-corrected chi connectivity index (χ3v) is 3.82. The van der Waals surface area contributed by atoms with Gasteiger partial charge < -0.3 is 10.4 Å². The van der Waals surface area contributed by atoms with Gasteiger partial charge >= 0.3 is 0 Å². The second kappa shape index (κ2) is 6.06. The van der Waals surface area contributed by atoms with E-state index in [-0.39, 0.29) is 12.6 Å². The monoisotopic (exact) mass is 233 g/mol. The summed E-state index contributed by atoms with van der Waals surface area (Å²) >= 11 is 0. The van der Waals surface area contributed by atoms with Gasteiger partial charge in [-0.25, -0.2) is 0 Å². The van der Waals surface area contributed by atoms with E-state index in [0.717, 1.165) is 5.69 Å². The van der Waals surface area contributed by atoms with Crippen molar-refractivity contribution in [1.82, 2.24) is 0 Å². The van der Waals surface area contributed by atoms with Gasteiger partial charge in [-0.05, 0) is 37.8 Å². The van der Waals surface area contributed by atoms with E-state index in [1.54, 1.807) is 0 Å². The Morgan fingerprint density at radius 1 is 1.18 bits per heavy atom. The van der Waals surface area contributed by atoms with Crippen LogP contribution in [-0.4, -0.2) is 17.8 Å². The zero-order chi connectivity index (χ0) is 12.1. The van der Waals surface area contributed by atoms with Crippen LogP contribution >= 0.6 is 0 Å². The molecule has 2 rings (SSSR count). The highest BCUT2D eigenvalue weighted by Gasteiger charge is 2.22. The van der Waals surface area contributed by atoms with Gasteiger partial charge in [0, 0.05) is 5.69 Å². The second-order valence-corrected chi connectivity index (χ2v) is 5.20. The molecule has 1 aromatic carbocycles. The van der Waals surface area contributed by atoms with Crippen molar-refractivity contribution in [3.63, 3.8) is 0 Å². The maximum absolute atomic E-state index is 9.53. The Hall–Kier alpha value is -1.02. The maximum Gasteiger partial charge on any atom is 0.0635 e. The zero-order valence-corrected chi connectivity index (χ0v) is 10.7. The van der Waals surface area contributed by atoms with Crippen LogP contribution in [0.15, 0.2) is 24.3 Å². The molecule has 1 saturated carbocycles. The fourth-order valence-electron chi connectivity index (χ4n) is 2.71. The van der Waals surface area contributed by atoms with Crippen LogP contribution in [0, 0.1) is 12.8 Å². The van der Waals surface area contributed by atoms with Crippen molar-refractivity contribution in [3.8, 4) is 0 Å². The molecule has 94 valence electrons. The predicted molar refractivity (Wildman–Crippen MR) is 72.3 cm³/mol. The van der Waals surface area contributed by atoms with Crippen molar-refractivity contribution in [2.75, 3.05) is 11.9 Å². The Morgan fingerprint density at radius 2 is 1.82 bits per heavy atom. The van der Waals surface area contributed by atoms with Crippen molar-refractivity contribution in [2.45, 2.75) is 45.1 Å². The number of aliphatic hydroxyl groups is 1. The van der Waals surface area contributed by atoms with Crippen molar-refractivity contribution >= 4 is 5.69 Å². The molecule has 0 spiro atoms. The normalized spacial score (nSPS) is 18.9. The van der Waals surface area contributed by atoms with Gasteiger partial charge in [-0.3, -0.25) is 0 Å². The van der Waals surface area contributed by atoms with Gasteiger partial charge in [0.1, 0.15) is 0 Å². The molecule has 1 aliphatic rings. The molecule has 1 atom stereocenters. The van der Waals surface area contributed by atoms with Crippen LogP contribution < -0.4 is 5.32 Å². The molecule has 2 N–H and O–H groups in total. The predicted octanol–water partition coefficient (Wildman–Crippen LogP) is 3.35. The quantitative estimate of drug-likeness (QED) is 0.836. The van der Waals surface area contributed by atoms with E-state index >= 15 is 0 Å². The number of anilines is 1. The first-order chi connectivity index (χ1) is 8.29. The minimum absolute atomic E-state index is 0.220. The van der Waals surface area contributed by atoms with Crippen LogP contribution in [0.3, 0.4) is 0 Å². The van der Waals surface area contributed by atoms with E-state index in [2.05, 4.69) is 36.5 Å². The molecule has 0 aliphatic heterocycles. The molecular weight excluding hydrogens is 210 g/mol. The molecule has 0 saturated heterocycles. The van der Waals surface area contributed by atoms with Crippen LogP contribution in [-0.2, 0) is 0 Å². The third-order valence-electron chi connectivity index (χ3n) is 3.82. The standard InChI is InChI=1S/C15H23NO/c1-12-7-9-14(10-8-12)16-15(11-17)13-5-3-2-4-6-13/h7-10,13,15-17H,2-6,11H2,1H3. The van der Waals surface area contributed by atoms with E-state index in [1.807, 2.05) is 0 Å². The lowest BCUT2D eigenvalue weighted by Gasteiger charge is -2.30. The molecule has 0 bridgehead atoms. The van der Waals surface area contributed by atoms with E-state index in [9.17, 15) is 5.11 Å². The Kier molecular flexibility index (Phi) is 4.43. The first-order valence-corrected chi connectivity index (χ1v) is 6.73. The molecule has 1 aromatic rings. The van der Waals surface area contributed by atoms with E-state index < -0.39 is 0 Å². The highest BCUT2D eigenvalue weighted by atomic mass is 16.3. The van der Waals surface area contributed by atoms with Gasteiger partial charge in [-0.15, -0.1) is 0 Å². The Morgan fingerprint density at radius 3 is 2.41 bits per heavy atom. The second-order valence-electron chi connectivity index (χ2n) is 5.20. The summed E-state index contributed by atoms with van der Waals surface area (Å²) in [6, 6.07) is 8.63. The van der Waals surface area contributed by atoms with Crippen LogP contribution in [0.25, 0.3) is 0 Å². The number of hydrogen-bond donors (Lipinski definition) is 2. The minimum atomic E-state index is 0.220. The lowest BCUT2D eigenvalue weighted by atomic mass is 9.84. The fourth-order valence-corrected chi connectivity index (χ4v) is 2.71. The summed E-state index contributed by atoms with van der Waals surface area (Å²) in [7, 11) is 0. The number of aliphatic hydroxyl groups excluding tert-OH is 1. The molecule has 2 nitrogen and oxygen atoms in total. The van der Waals surface area contributed by atoms with Crippen molar-refractivity contribution in [3.05, 3.63) is 29.8 Å². The lowest BCUT2D eigenvalue weighted by molar-refractivity contribution is 0.209. The minimum Gasteiger partial charge on any atom is -0.394 e. The summed E-state index contributed by atoms with van der Waals surface area (Å²) in [5.41, 5.74) is 2.40. The molecule has 1 aliphatic carbocycles. The van der Waals surface area contributed by atoms with E-state index in [1.165, 1.54) is 37.7 Å². The largest absolute Gasteiger partial charge is 0.394 e. The molecule has 0 aromatic heterocycles. The smallest absolute Gasteiger partial charge is 0.0635 e. The summed E-state index contributed by atoms with van der Waals surface area (Å²) < 4.78 is 0. The average molecular weight is 233 g/mol. The van der Waals surface area contributed by atoms with Gasteiger partial charge in [0.15, 0.2) is 0 Å². The molecule has 1 fully saturated rings. The summed E-state index contributed by atoms with van der Waals surface area (Å²) in [4.78, 5) is 0. The number of nitrogens with one attached hydrogen (secondary N) is 1. The summed E-state index contributed by atoms with van der Waals surface area (Å²) in [5.74, 6) is 0.634. The van der Waals surface area contributed by atoms with Crippen LogP contribution in [0.1, 0.15) is 37.7 Å². The molecule has 1 unspecified atom stereocenters. The van der Waals surface area contributed by atoms with Crippen LogP contribution in [0.4, 0.5) is 5.69 Å². The SMILES string of the molecule is Cc1ccc(NC(CO)C2CCCCC2)cc1. The number of rotatable bonds is 4. The van der Waals surface area contributed by atoms with Gasteiger partial charge in [-0.1, -0.05) is 37.0 Å². The van der Waals surface area contributed by atoms with Gasteiger partial charge in [-0.2, -0.15) is 0 Å². The van der Waals surface area contributed by atoms with E-state index in [4.69, 9.17) is 0 Å². The molecule has 2 heteroatoms. The summed E-state index contributed by atoms with van der Waals surface area (Å²) in [5, 5.41) is 13.0. The Bertz CT molecular complexity index is 327. The van der Waals surface area contributed by atoms with Gasteiger partial charge in [0.05, 0.1) is 12.6 Å². The summed E-state index contributed by atoms with van der Waals surface area (Å²) in [6.07, 6.45) is 6.50. The van der Waals surface area contributed by atoms with Crippen molar-refractivity contribution < 1.29 is 5.11 Å². The van der Waals surface area contributed by atoms with Crippen LogP contribution in [0.5, 0.6) is 0 Å². The number of aryl methyl sites for hydroxylation is 1. The molecular formula is C15H23NO. The average Bonchev–Trinajstić information content (AvgIpc) is 2.39. The zero-order valence-electron chi connectivity index (χ0n) is 10.7. The fraction of sp³-hybridized carbons (Fsp3) is 0.600. The number of benzene rings is 1. The Balaban J connectivity index is 1.96. The number of hydrogen-bond acceptors (Lipinski definition) is 2. The third kappa shape index (κ3) is 3.47. The van der Waals surface area contributed by atoms with Crippen molar-refractivity contribution in [2.24, 2.45) is 5.92 Å². The lowest BCUT2D eigenvalue weighted by Crippen LogP contribution is -2.33. The molecule has 0 amide bonds. The van der Waals surface area contributed by atoms with E-state index in [0.29, 0.717) is 5.92 Å². The first kappa shape index (κ1) is 12.4. The molecule has 0 radical (unpaired) electrons. The van der Waals surface area contributed by atoms with Gasteiger partial charge in [0.25, 0.3) is 0 Å². The highest BCUT2D eigenvalue weighted by Crippen LogP contribution is 2.28. The molecule has 17 heavy (non-hydrogen) atoms. The topological polar surface area (TPSA) is 32.3 Å². The van der Waals surface area contributed by atoms with Crippen LogP contribution in [0.2, 0.25) is 0 Å².